The summed E-state index contributed by atoms with van der Waals surface area (Å²) in [6, 6.07) is 9.46. The van der Waals surface area contributed by atoms with Gasteiger partial charge in [0, 0.05) is 0 Å². The van der Waals surface area contributed by atoms with Crippen LogP contribution in [0.15, 0.2) is 47.4 Å². The highest BCUT2D eigenvalue weighted by atomic mass is 32.2. The summed E-state index contributed by atoms with van der Waals surface area (Å²) in [6.07, 6.45) is 0. The fraction of sp³-hybridized carbons (Fsp3) is 0.133. The number of hydrogen-bond donors (Lipinski definition) is 2. The first-order valence-corrected chi connectivity index (χ1v) is 8.05. The Kier molecular flexibility index (Phi) is 4.97. The lowest BCUT2D eigenvalue weighted by Crippen LogP contribution is -2.19. The molecule has 0 radical (unpaired) electrons. The molecule has 8 heteroatoms. The van der Waals surface area contributed by atoms with Crippen LogP contribution in [0.5, 0.6) is 5.75 Å². The third-order valence-corrected chi connectivity index (χ3v) is 4.53. The Hall–Kier alpha value is -2.45. The number of ether oxygens (including phenoxy) is 1. The highest BCUT2D eigenvalue weighted by Crippen LogP contribution is 2.28. The molecule has 2 rings (SSSR count). The van der Waals surface area contributed by atoms with Crippen LogP contribution in [0.1, 0.15) is 10.4 Å². The number of nitrogens with one attached hydrogen (secondary N) is 2. The van der Waals surface area contributed by atoms with Crippen molar-refractivity contribution in [3.05, 3.63) is 53.8 Å². The van der Waals surface area contributed by atoms with E-state index in [1.54, 1.807) is 0 Å². The molecule has 23 heavy (non-hydrogen) atoms. The highest BCUT2D eigenvalue weighted by molar-refractivity contribution is 7.89. The summed E-state index contributed by atoms with van der Waals surface area (Å²) in [5, 5.41) is 2.46. The molecule has 0 aliphatic carbocycles. The number of methoxy groups -OCH3 is 1. The summed E-state index contributed by atoms with van der Waals surface area (Å²) in [6.45, 7) is 0. The van der Waals surface area contributed by atoms with E-state index < -0.39 is 21.7 Å². The van der Waals surface area contributed by atoms with Gasteiger partial charge in [-0.1, -0.05) is 12.1 Å². The van der Waals surface area contributed by atoms with E-state index in [2.05, 4.69) is 10.0 Å². The summed E-state index contributed by atoms with van der Waals surface area (Å²) in [5.41, 5.74) is -0.0338. The molecule has 0 aliphatic heterocycles. The number of anilines is 1. The number of rotatable bonds is 5. The van der Waals surface area contributed by atoms with Gasteiger partial charge in [-0.25, -0.2) is 17.5 Å². The minimum absolute atomic E-state index is 0.0513. The van der Waals surface area contributed by atoms with Gasteiger partial charge in [-0.3, -0.25) is 4.79 Å². The number of hydrogen-bond acceptors (Lipinski definition) is 4. The second-order valence-electron chi connectivity index (χ2n) is 4.50. The molecule has 0 unspecified atom stereocenters. The average molecular weight is 338 g/mol. The van der Waals surface area contributed by atoms with Crippen molar-refractivity contribution in [1.82, 2.24) is 4.72 Å². The van der Waals surface area contributed by atoms with E-state index in [0.717, 1.165) is 6.07 Å². The molecule has 122 valence electrons. The second-order valence-corrected chi connectivity index (χ2v) is 6.39. The minimum atomic E-state index is -3.69. The van der Waals surface area contributed by atoms with Crippen LogP contribution < -0.4 is 14.8 Å². The standard InChI is InChI=1S/C15H15FN2O4S/c1-17-23(20,21)10-7-8-14(22-2)13(9-10)18-15(19)11-5-3-4-6-12(11)16/h3-9,17H,1-2H3,(H,18,19). The first-order chi connectivity index (χ1) is 10.9. The van der Waals surface area contributed by atoms with Crippen molar-refractivity contribution in [2.24, 2.45) is 0 Å². The van der Waals surface area contributed by atoms with Gasteiger partial charge in [0.25, 0.3) is 5.91 Å². The molecule has 2 N–H and O–H groups in total. The summed E-state index contributed by atoms with van der Waals surface area (Å²) in [5.74, 6) is -1.13. The number of carbonyl (C=O) groups excluding carboxylic acids is 1. The monoisotopic (exact) mass is 338 g/mol. The minimum Gasteiger partial charge on any atom is -0.495 e. The largest absolute Gasteiger partial charge is 0.495 e. The SMILES string of the molecule is CNS(=O)(=O)c1ccc(OC)c(NC(=O)c2ccccc2F)c1. The zero-order valence-electron chi connectivity index (χ0n) is 12.5. The number of halogens is 1. The van der Waals surface area contributed by atoms with Gasteiger partial charge in [-0.05, 0) is 37.4 Å². The Balaban J connectivity index is 2.40. The Labute approximate surface area is 133 Å². The van der Waals surface area contributed by atoms with Crippen molar-refractivity contribution in [2.45, 2.75) is 4.90 Å². The van der Waals surface area contributed by atoms with E-state index in [-0.39, 0.29) is 21.9 Å². The fourth-order valence-corrected chi connectivity index (χ4v) is 2.66. The predicted octanol–water partition coefficient (Wildman–Crippen LogP) is 1.99. The molecular formula is C15H15FN2O4S. The summed E-state index contributed by atoms with van der Waals surface area (Å²) in [7, 11) is -1.03. The van der Waals surface area contributed by atoms with Gasteiger partial charge in [0.05, 0.1) is 23.3 Å². The number of sulfonamides is 1. The number of carbonyl (C=O) groups is 1. The van der Waals surface area contributed by atoms with Crippen LogP contribution >= 0.6 is 0 Å². The van der Waals surface area contributed by atoms with E-state index in [4.69, 9.17) is 4.74 Å². The van der Waals surface area contributed by atoms with Gasteiger partial charge >= 0.3 is 0 Å². The highest BCUT2D eigenvalue weighted by Gasteiger charge is 2.17. The lowest BCUT2D eigenvalue weighted by atomic mass is 10.2. The maximum atomic E-state index is 13.7. The molecule has 0 saturated heterocycles. The molecule has 6 nitrogen and oxygen atoms in total. The van der Waals surface area contributed by atoms with Crippen LogP contribution in [0, 0.1) is 5.82 Å². The van der Waals surface area contributed by atoms with E-state index >= 15 is 0 Å². The fourth-order valence-electron chi connectivity index (χ4n) is 1.90. The molecule has 0 aliphatic rings. The van der Waals surface area contributed by atoms with Crippen LogP contribution in [-0.4, -0.2) is 28.5 Å². The van der Waals surface area contributed by atoms with Gasteiger partial charge in [-0.2, -0.15) is 0 Å². The first-order valence-electron chi connectivity index (χ1n) is 6.56. The predicted molar refractivity (Wildman–Crippen MR) is 83.6 cm³/mol. The number of benzene rings is 2. The Morgan fingerprint density at radius 1 is 1.17 bits per heavy atom. The van der Waals surface area contributed by atoms with Gasteiger partial charge in [0.1, 0.15) is 11.6 Å². The maximum absolute atomic E-state index is 13.7. The normalized spacial score (nSPS) is 11.1. The zero-order chi connectivity index (χ0) is 17.0. The molecule has 0 heterocycles. The summed E-state index contributed by atoms with van der Waals surface area (Å²) >= 11 is 0. The van der Waals surface area contributed by atoms with Crippen LogP contribution in [0.25, 0.3) is 0 Å². The molecule has 2 aromatic rings. The summed E-state index contributed by atoms with van der Waals surface area (Å²) < 4.78 is 44.6. The van der Waals surface area contributed by atoms with Gasteiger partial charge in [0.15, 0.2) is 0 Å². The van der Waals surface area contributed by atoms with Crippen molar-refractivity contribution in [2.75, 3.05) is 19.5 Å². The van der Waals surface area contributed by atoms with Gasteiger partial charge < -0.3 is 10.1 Å². The van der Waals surface area contributed by atoms with Crippen molar-refractivity contribution >= 4 is 21.6 Å². The molecule has 2 aromatic carbocycles. The smallest absolute Gasteiger partial charge is 0.258 e. The van der Waals surface area contributed by atoms with Crippen molar-refractivity contribution < 1.29 is 22.3 Å². The Morgan fingerprint density at radius 3 is 2.48 bits per heavy atom. The molecule has 0 spiro atoms. The third-order valence-electron chi connectivity index (χ3n) is 3.12. The van der Waals surface area contributed by atoms with Crippen molar-refractivity contribution in [1.29, 1.82) is 0 Å². The molecule has 0 saturated carbocycles. The summed E-state index contributed by atoms with van der Waals surface area (Å²) in [4.78, 5) is 12.1. The molecule has 0 atom stereocenters. The van der Waals surface area contributed by atoms with Crippen LogP contribution in [0.3, 0.4) is 0 Å². The maximum Gasteiger partial charge on any atom is 0.258 e. The van der Waals surface area contributed by atoms with Crippen LogP contribution in [-0.2, 0) is 10.0 Å². The lowest BCUT2D eigenvalue weighted by Gasteiger charge is -2.12. The van der Waals surface area contributed by atoms with E-state index in [9.17, 15) is 17.6 Å². The Morgan fingerprint density at radius 2 is 1.87 bits per heavy atom. The lowest BCUT2D eigenvalue weighted by molar-refractivity contribution is 0.102. The number of amides is 1. The molecular weight excluding hydrogens is 323 g/mol. The van der Waals surface area contributed by atoms with Crippen LogP contribution in [0.2, 0.25) is 0 Å². The van der Waals surface area contributed by atoms with E-state index in [0.29, 0.717) is 0 Å². The van der Waals surface area contributed by atoms with Gasteiger partial charge in [-0.15, -0.1) is 0 Å². The quantitative estimate of drug-likeness (QED) is 0.873. The van der Waals surface area contributed by atoms with Crippen molar-refractivity contribution in [3.63, 3.8) is 0 Å². The zero-order valence-corrected chi connectivity index (χ0v) is 13.3. The second kappa shape index (κ2) is 6.76. The Bertz CT molecular complexity index is 837. The molecule has 0 fully saturated rings. The van der Waals surface area contributed by atoms with Gasteiger partial charge in [0.2, 0.25) is 10.0 Å². The molecule has 1 amide bonds. The third kappa shape index (κ3) is 3.66. The van der Waals surface area contributed by atoms with Crippen molar-refractivity contribution in [3.8, 4) is 5.75 Å². The van der Waals surface area contributed by atoms with E-state index in [1.807, 2.05) is 0 Å². The average Bonchev–Trinajstić information content (AvgIpc) is 2.55. The first kappa shape index (κ1) is 16.9. The topological polar surface area (TPSA) is 84.5 Å². The van der Waals surface area contributed by atoms with E-state index in [1.165, 1.54) is 50.6 Å². The molecule has 0 bridgehead atoms. The van der Waals surface area contributed by atoms with Crippen LogP contribution in [0.4, 0.5) is 10.1 Å². The molecule has 0 aromatic heterocycles.